The summed E-state index contributed by atoms with van der Waals surface area (Å²) >= 11 is 0. The lowest BCUT2D eigenvalue weighted by Crippen LogP contribution is -2.10. The van der Waals surface area contributed by atoms with Crippen LogP contribution in [0.25, 0.3) is 0 Å². The van der Waals surface area contributed by atoms with Crippen molar-refractivity contribution in [2.75, 3.05) is 13.2 Å². The maximum Gasteiger partial charge on any atom is 0.508 e. The number of unbranched alkanes of at least 4 members (excludes halogenated alkanes) is 8. The van der Waals surface area contributed by atoms with Crippen molar-refractivity contribution in [3.8, 4) is 0 Å². The molecule has 0 spiro atoms. The van der Waals surface area contributed by atoms with Crippen LogP contribution in [0.15, 0.2) is 0 Å². The van der Waals surface area contributed by atoms with E-state index < -0.39 is 6.16 Å². The molecule has 0 aromatic rings. The van der Waals surface area contributed by atoms with Crippen LogP contribution in [0.3, 0.4) is 0 Å². The first-order chi connectivity index (χ1) is 10.5. The molecular weight excluding hydrogens is 276 g/mol. The van der Waals surface area contributed by atoms with Gasteiger partial charge in [-0.3, -0.25) is 0 Å². The van der Waals surface area contributed by atoms with Gasteiger partial charge in [0.1, 0.15) is 0 Å². The van der Waals surface area contributed by atoms with E-state index in [4.69, 9.17) is 9.47 Å². The van der Waals surface area contributed by atoms with E-state index in [9.17, 15) is 4.79 Å². The lowest BCUT2D eigenvalue weighted by atomic mass is 9.90. The number of rotatable bonds is 13. The average Bonchev–Trinajstić information content (AvgIpc) is 2.44. The van der Waals surface area contributed by atoms with Gasteiger partial charge in [0.2, 0.25) is 0 Å². The van der Waals surface area contributed by atoms with Gasteiger partial charge in [0.15, 0.2) is 0 Å². The van der Waals surface area contributed by atoms with Gasteiger partial charge in [0.05, 0.1) is 13.2 Å². The van der Waals surface area contributed by atoms with Crippen LogP contribution >= 0.6 is 0 Å². The summed E-state index contributed by atoms with van der Waals surface area (Å²) in [6, 6.07) is 0. The van der Waals surface area contributed by atoms with E-state index in [-0.39, 0.29) is 0 Å². The molecule has 0 unspecified atom stereocenters. The molecule has 0 heterocycles. The van der Waals surface area contributed by atoms with Crippen molar-refractivity contribution in [3.05, 3.63) is 0 Å². The third kappa shape index (κ3) is 17.3. The number of ether oxygens (including phenoxy) is 2. The van der Waals surface area contributed by atoms with E-state index in [1.165, 1.54) is 38.5 Å². The van der Waals surface area contributed by atoms with Crippen LogP contribution in [0.1, 0.15) is 98.3 Å². The molecule has 0 saturated carbocycles. The Morgan fingerprint density at radius 1 is 0.727 bits per heavy atom. The first-order valence-corrected chi connectivity index (χ1v) is 9.25. The zero-order valence-electron chi connectivity index (χ0n) is 15.4. The molecule has 0 atom stereocenters. The van der Waals surface area contributed by atoms with Crippen LogP contribution in [0.4, 0.5) is 4.79 Å². The van der Waals surface area contributed by atoms with Crippen molar-refractivity contribution in [2.24, 2.45) is 5.41 Å². The summed E-state index contributed by atoms with van der Waals surface area (Å²) in [5.74, 6) is 0. The summed E-state index contributed by atoms with van der Waals surface area (Å²) in [6.45, 7) is 9.90. The molecule has 0 aliphatic heterocycles. The van der Waals surface area contributed by atoms with Gasteiger partial charge in [0, 0.05) is 0 Å². The number of hydrogen-bond acceptors (Lipinski definition) is 3. The van der Waals surface area contributed by atoms with Gasteiger partial charge in [0.25, 0.3) is 0 Å². The Labute approximate surface area is 138 Å². The Balaban J connectivity index is 3.23. The zero-order valence-corrected chi connectivity index (χ0v) is 15.4. The Bertz CT molecular complexity index is 256. The Morgan fingerprint density at radius 3 is 1.68 bits per heavy atom. The van der Waals surface area contributed by atoms with E-state index in [2.05, 4.69) is 27.7 Å². The van der Waals surface area contributed by atoms with Crippen molar-refractivity contribution in [1.82, 2.24) is 0 Å². The van der Waals surface area contributed by atoms with Gasteiger partial charge in [-0.05, 0) is 31.1 Å². The lowest BCUT2D eigenvalue weighted by molar-refractivity contribution is 0.0525. The van der Waals surface area contributed by atoms with Crippen LogP contribution in [0.5, 0.6) is 0 Å². The molecular formula is C19H38O3. The fourth-order valence-corrected chi connectivity index (χ4v) is 2.35. The van der Waals surface area contributed by atoms with E-state index in [1.54, 1.807) is 0 Å². The minimum Gasteiger partial charge on any atom is -0.434 e. The van der Waals surface area contributed by atoms with E-state index in [0.29, 0.717) is 18.6 Å². The minimum absolute atomic E-state index is 0.358. The van der Waals surface area contributed by atoms with Gasteiger partial charge in [-0.2, -0.15) is 0 Å². The highest BCUT2D eigenvalue weighted by Crippen LogP contribution is 2.21. The predicted octanol–water partition coefficient (Wildman–Crippen LogP) is 6.50. The highest BCUT2D eigenvalue weighted by molar-refractivity contribution is 5.59. The Hall–Kier alpha value is -0.730. The number of carbonyl (C=O) groups is 1. The summed E-state index contributed by atoms with van der Waals surface area (Å²) in [5, 5.41) is 0. The largest absolute Gasteiger partial charge is 0.508 e. The zero-order chi connectivity index (χ0) is 16.7. The smallest absolute Gasteiger partial charge is 0.434 e. The summed E-state index contributed by atoms with van der Waals surface area (Å²) < 4.78 is 10.1. The fraction of sp³-hybridized carbons (Fsp3) is 0.947. The average molecular weight is 315 g/mol. The molecule has 0 saturated heterocycles. The number of carbonyl (C=O) groups excluding carboxylic acids is 1. The normalized spacial score (nSPS) is 11.5. The maximum atomic E-state index is 11.4. The molecule has 132 valence electrons. The van der Waals surface area contributed by atoms with Gasteiger partial charge in [-0.25, -0.2) is 4.79 Å². The molecule has 0 fully saturated rings. The quantitative estimate of drug-likeness (QED) is 0.287. The molecule has 0 aliphatic rings. The van der Waals surface area contributed by atoms with Crippen LogP contribution in [0.2, 0.25) is 0 Å². The summed E-state index contributed by atoms with van der Waals surface area (Å²) in [7, 11) is 0. The molecule has 0 aromatic carbocycles. The first kappa shape index (κ1) is 21.3. The third-order valence-electron chi connectivity index (χ3n) is 3.76. The van der Waals surface area contributed by atoms with Crippen molar-refractivity contribution < 1.29 is 14.3 Å². The summed E-state index contributed by atoms with van der Waals surface area (Å²) in [5.41, 5.74) is 0.358. The molecule has 3 heteroatoms. The maximum absolute atomic E-state index is 11.4. The van der Waals surface area contributed by atoms with Crippen molar-refractivity contribution >= 4 is 6.16 Å². The molecule has 22 heavy (non-hydrogen) atoms. The minimum atomic E-state index is -0.501. The van der Waals surface area contributed by atoms with Gasteiger partial charge in [-0.15, -0.1) is 0 Å². The Kier molecular flexibility index (Phi) is 13.4. The van der Waals surface area contributed by atoms with E-state index in [0.717, 1.165) is 32.1 Å². The monoisotopic (exact) mass is 314 g/mol. The second-order valence-corrected chi connectivity index (χ2v) is 7.44. The molecule has 0 aliphatic carbocycles. The summed E-state index contributed by atoms with van der Waals surface area (Å²) in [6.07, 6.45) is 12.7. The lowest BCUT2D eigenvalue weighted by Gasteiger charge is -2.17. The molecule has 0 bridgehead atoms. The van der Waals surface area contributed by atoms with E-state index >= 15 is 0 Å². The van der Waals surface area contributed by atoms with Crippen molar-refractivity contribution in [1.29, 1.82) is 0 Å². The second kappa shape index (κ2) is 13.9. The van der Waals surface area contributed by atoms with Gasteiger partial charge in [-0.1, -0.05) is 72.6 Å². The van der Waals surface area contributed by atoms with Crippen LogP contribution in [0, 0.1) is 5.41 Å². The molecule has 0 rings (SSSR count). The van der Waals surface area contributed by atoms with E-state index in [1.807, 2.05) is 0 Å². The summed E-state index contributed by atoms with van der Waals surface area (Å²) in [4.78, 5) is 11.4. The van der Waals surface area contributed by atoms with Gasteiger partial charge < -0.3 is 9.47 Å². The van der Waals surface area contributed by atoms with Crippen LogP contribution in [-0.4, -0.2) is 19.4 Å². The van der Waals surface area contributed by atoms with Crippen molar-refractivity contribution in [3.63, 3.8) is 0 Å². The first-order valence-electron chi connectivity index (χ1n) is 9.25. The van der Waals surface area contributed by atoms with Crippen LogP contribution in [-0.2, 0) is 9.47 Å². The van der Waals surface area contributed by atoms with Crippen molar-refractivity contribution in [2.45, 2.75) is 98.3 Å². The molecule has 0 N–H and O–H groups in total. The van der Waals surface area contributed by atoms with Crippen LogP contribution < -0.4 is 0 Å². The highest BCUT2D eigenvalue weighted by atomic mass is 16.7. The van der Waals surface area contributed by atoms with Gasteiger partial charge >= 0.3 is 6.16 Å². The highest BCUT2D eigenvalue weighted by Gasteiger charge is 2.09. The molecule has 0 radical (unpaired) electrons. The Morgan fingerprint density at radius 2 is 1.18 bits per heavy atom. The number of hydrogen-bond donors (Lipinski definition) is 0. The predicted molar refractivity (Wildman–Crippen MR) is 93.2 cm³/mol. The topological polar surface area (TPSA) is 35.5 Å². The molecule has 0 amide bonds. The molecule has 3 nitrogen and oxygen atoms in total. The second-order valence-electron chi connectivity index (χ2n) is 7.44. The third-order valence-corrected chi connectivity index (χ3v) is 3.76. The molecule has 0 aromatic heterocycles. The SMILES string of the molecule is CCCCCCCCCCOC(=O)OCCCCC(C)(C)C. The fourth-order valence-electron chi connectivity index (χ4n) is 2.35. The standard InChI is InChI=1S/C19H38O3/c1-5-6-7-8-9-10-11-13-16-21-18(20)22-17-14-12-15-19(2,3)4/h5-17H2,1-4H3.